The van der Waals surface area contributed by atoms with Gasteiger partial charge in [-0.2, -0.15) is 0 Å². The predicted molar refractivity (Wildman–Crippen MR) is 119 cm³/mol. The molecule has 0 aromatic heterocycles. The highest BCUT2D eigenvalue weighted by Gasteiger charge is 2.36. The van der Waals surface area contributed by atoms with Gasteiger partial charge in [-0.05, 0) is 62.1 Å². The minimum atomic E-state index is -3.63. The van der Waals surface area contributed by atoms with Gasteiger partial charge in [0.1, 0.15) is 0 Å². The quantitative estimate of drug-likeness (QED) is 0.773. The van der Waals surface area contributed by atoms with E-state index in [0.29, 0.717) is 17.7 Å². The normalized spacial score (nSPS) is 20.3. The van der Waals surface area contributed by atoms with E-state index in [1.165, 1.54) is 36.4 Å². The molecule has 1 N–H and O–H groups in total. The third kappa shape index (κ3) is 4.24. The number of amides is 1. The van der Waals surface area contributed by atoms with Gasteiger partial charge in [-0.25, -0.2) is 8.42 Å². The molecule has 1 heterocycles. The maximum Gasteiger partial charge on any atom is 0.264 e. The zero-order chi connectivity index (χ0) is 21.1. The number of rotatable bonds is 4. The molecule has 1 aliphatic carbocycles. The number of fused-ring (bicyclic) bond motifs is 1. The lowest BCUT2D eigenvalue weighted by Crippen LogP contribution is -2.36. The van der Waals surface area contributed by atoms with Gasteiger partial charge in [-0.3, -0.25) is 9.10 Å². The van der Waals surface area contributed by atoms with Crippen LogP contribution in [0, 0.1) is 0 Å². The van der Waals surface area contributed by atoms with Crippen LogP contribution in [0.4, 0.5) is 5.69 Å². The zero-order valence-corrected chi connectivity index (χ0v) is 18.3. The first kappa shape index (κ1) is 20.9. The molecule has 4 rings (SSSR count). The van der Waals surface area contributed by atoms with Crippen LogP contribution in [-0.2, 0) is 16.4 Å². The van der Waals surface area contributed by atoms with Crippen molar-refractivity contribution in [1.82, 2.24) is 5.32 Å². The summed E-state index contributed by atoms with van der Waals surface area (Å²) in [5.74, 6) is -0.0552. The number of hydrogen-bond donors (Lipinski definition) is 1. The highest BCUT2D eigenvalue weighted by atomic mass is 32.2. The lowest BCUT2D eigenvalue weighted by molar-refractivity contribution is 0.0930. The Bertz CT molecular complexity index is 996. The molecule has 1 atom stereocenters. The van der Waals surface area contributed by atoms with Crippen molar-refractivity contribution in [2.45, 2.75) is 75.3 Å². The summed E-state index contributed by atoms with van der Waals surface area (Å²) < 4.78 is 27.9. The average molecular weight is 427 g/mol. The monoisotopic (exact) mass is 426 g/mol. The van der Waals surface area contributed by atoms with Crippen molar-refractivity contribution < 1.29 is 13.2 Å². The van der Waals surface area contributed by atoms with Crippen LogP contribution in [0.2, 0.25) is 0 Å². The minimum Gasteiger partial charge on any atom is -0.349 e. The number of hydrogen-bond acceptors (Lipinski definition) is 3. The van der Waals surface area contributed by atoms with Crippen LogP contribution in [0.3, 0.4) is 0 Å². The Labute approximate surface area is 179 Å². The highest BCUT2D eigenvalue weighted by Crippen LogP contribution is 2.37. The molecule has 6 heteroatoms. The van der Waals surface area contributed by atoms with E-state index in [1.807, 2.05) is 13.0 Å². The molecule has 0 spiro atoms. The van der Waals surface area contributed by atoms with E-state index in [2.05, 4.69) is 5.32 Å². The molecule has 0 radical (unpaired) electrons. The summed E-state index contributed by atoms with van der Waals surface area (Å²) in [7, 11) is -3.63. The number of sulfonamides is 1. The third-order valence-corrected chi connectivity index (χ3v) is 8.18. The van der Waals surface area contributed by atoms with Crippen molar-refractivity contribution >= 4 is 21.6 Å². The zero-order valence-electron chi connectivity index (χ0n) is 17.5. The molecule has 0 bridgehead atoms. The molecule has 0 unspecified atom stereocenters. The first-order valence-electron chi connectivity index (χ1n) is 11.0. The van der Waals surface area contributed by atoms with Gasteiger partial charge in [-0.1, -0.05) is 50.3 Å². The molecule has 2 aromatic carbocycles. The largest absolute Gasteiger partial charge is 0.349 e. The maximum atomic E-state index is 13.2. The Kier molecular flexibility index (Phi) is 6.14. The summed E-state index contributed by atoms with van der Waals surface area (Å²) in [6.45, 7) is 1.91. The topological polar surface area (TPSA) is 66.5 Å². The third-order valence-electron chi connectivity index (χ3n) is 6.24. The van der Waals surface area contributed by atoms with Gasteiger partial charge >= 0.3 is 0 Å². The number of carbonyl (C=O) groups excluding carboxylic acids is 1. The smallest absolute Gasteiger partial charge is 0.264 e. The van der Waals surface area contributed by atoms with Crippen LogP contribution in [0.1, 0.15) is 67.8 Å². The van der Waals surface area contributed by atoms with E-state index in [9.17, 15) is 13.2 Å². The number of benzene rings is 2. The molecule has 1 saturated carbocycles. The fraction of sp³-hybridized carbons (Fsp3) is 0.458. The van der Waals surface area contributed by atoms with E-state index in [-0.39, 0.29) is 22.9 Å². The van der Waals surface area contributed by atoms with Crippen molar-refractivity contribution in [2.75, 3.05) is 4.31 Å². The average Bonchev–Trinajstić information content (AvgIpc) is 3.06. The van der Waals surface area contributed by atoms with Gasteiger partial charge < -0.3 is 5.32 Å². The van der Waals surface area contributed by atoms with Crippen LogP contribution >= 0.6 is 0 Å². The fourth-order valence-electron chi connectivity index (χ4n) is 4.69. The second-order valence-corrected chi connectivity index (χ2v) is 10.3. The second-order valence-electron chi connectivity index (χ2n) is 8.53. The Hall–Kier alpha value is -2.34. The molecule has 1 fully saturated rings. The molecule has 30 heavy (non-hydrogen) atoms. The van der Waals surface area contributed by atoms with Crippen molar-refractivity contribution in [1.29, 1.82) is 0 Å². The van der Waals surface area contributed by atoms with Gasteiger partial charge in [0.2, 0.25) is 0 Å². The van der Waals surface area contributed by atoms with E-state index in [0.717, 1.165) is 18.4 Å². The van der Waals surface area contributed by atoms with Crippen molar-refractivity contribution in [3.63, 3.8) is 0 Å². The molecule has 0 saturated heterocycles. The molecule has 5 nitrogen and oxygen atoms in total. The standard InChI is InChI=1S/C24H30N2O3S/c1-18-16-20-17-19(24(27)25-21-10-6-3-2-4-7-11-21)14-15-23(20)26(18)30(28,29)22-12-8-5-9-13-22/h5,8-9,12-15,17-18,21H,2-4,6-7,10-11,16H2,1H3,(H,25,27)/t18-/m0/s1. The van der Waals surface area contributed by atoms with E-state index >= 15 is 0 Å². The summed E-state index contributed by atoms with van der Waals surface area (Å²) in [4.78, 5) is 13.1. The van der Waals surface area contributed by atoms with Crippen LogP contribution in [0.25, 0.3) is 0 Å². The first-order chi connectivity index (χ1) is 14.5. The summed E-state index contributed by atoms with van der Waals surface area (Å²) >= 11 is 0. The van der Waals surface area contributed by atoms with Crippen molar-refractivity contribution in [3.8, 4) is 0 Å². The molecular weight excluding hydrogens is 396 g/mol. The summed E-state index contributed by atoms with van der Waals surface area (Å²) in [5, 5.41) is 3.20. The molecule has 2 aromatic rings. The van der Waals surface area contributed by atoms with E-state index < -0.39 is 10.0 Å². The summed E-state index contributed by atoms with van der Waals surface area (Å²) in [6.07, 6.45) is 8.80. The predicted octanol–water partition coefficient (Wildman–Crippen LogP) is 4.67. The van der Waals surface area contributed by atoms with E-state index in [1.54, 1.807) is 42.5 Å². The van der Waals surface area contributed by atoms with Crippen LogP contribution < -0.4 is 9.62 Å². The highest BCUT2D eigenvalue weighted by molar-refractivity contribution is 7.92. The van der Waals surface area contributed by atoms with Gasteiger partial charge in [-0.15, -0.1) is 0 Å². The first-order valence-corrected chi connectivity index (χ1v) is 12.4. The van der Waals surface area contributed by atoms with Gasteiger partial charge in [0.25, 0.3) is 15.9 Å². The van der Waals surface area contributed by atoms with Crippen molar-refractivity contribution in [3.05, 3.63) is 59.7 Å². The molecule has 2 aliphatic rings. The van der Waals surface area contributed by atoms with Crippen LogP contribution in [0.15, 0.2) is 53.4 Å². The molecular formula is C24H30N2O3S. The minimum absolute atomic E-state index is 0.0552. The van der Waals surface area contributed by atoms with Gasteiger partial charge in [0.05, 0.1) is 10.6 Å². The lowest BCUT2D eigenvalue weighted by atomic mass is 9.96. The van der Waals surface area contributed by atoms with Gasteiger partial charge in [0, 0.05) is 17.6 Å². The molecule has 1 amide bonds. The summed E-state index contributed by atoms with van der Waals surface area (Å²) in [5.41, 5.74) is 2.20. The number of carbonyl (C=O) groups is 1. The summed E-state index contributed by atoms with van der Waals surface area (Å²) in [6, 6.07) is 14.0. The van der Waals surface area contributed by atoms with Gasteiger partial charge in [0.15, 0.2) is 0 Å². The Morgan fingerprint density at radius 3 is 2.33 bits per heavy atom. The number of nitrogens with zero attached hydrogens (tertiary/aromatic N) is 1. The van der Waals surface area contributed by atoms with Crippen molar-refractivity contribution in [2.24, 2.45) is 0 Å². The Morgan fingerprint density at radius 2 is 1.63 bits per heavy atom. The molecule has 1 aliphatic heterocycles. The SMILES string of the molecule is C[C@H]1Cc2cc(C(=O)NC3CCCCCCC3)ccc2N1S(=O)(=O)c1ccccc1. The second kappa shape index (κ2) is 8.80. The number of anilines is 1. The Balaban J connectivity index is 1.54. The lowest BCUT2D eigenvalue weighted by Gasteiger charge is -2.24. The maximum absolute atomic E-state index is 13.2. The Morgan fingerprint density at radius 1 is 0.967 bits per heavy atom. The van der Waals surface area contributed by atoms with E-state index in [4.69, 9.17) is 0 Å². The van der Waals surface area contributed by atoms with Crippen LogP contribution in [0.5, 0.6) is 0 Å². The fourth-order valence-corrected chi connectivity index (χ4v) is 6.40. The van der Waals surface area contributed by atoms with Crippen LogP contribution in [-0.4, -0.2) is 26.4 Å². The molecule has 160 valence electrons. The number of nitrogens with one attached hydrogen (secondary N) is 1.